The minimum absolute atomic E-state index is 0. The van der Waals surface area contributed by atoms with E-state index in [1.54, 1.807) is 5.82 Å². The van der Waals surface area contributed by atoms with Crippen LogP contribution in [0.1, 0.15) is 0 Å². The first-order chi connectivity index (χ1) is 1.00. The van der Waals surface area contributed by atoms with Crippen LogP contribution in [-0.2, 0) is 16.0 Å². The first-order valence-corrected chi connectivity index (χ1v) is 1.46. The molecule has 0 unspecified atom stereocenters. The van der Waals surface area contributed by atoms with E-state index in [1.807, 2.05) is 0 Å². The predicted molar refractivity (Wildman–Crippen MR) is 14.5 cm³/mol. The van der Waals surface area contributed by atoms with Crippen LogP contribution in [0.5, 0.6) is 0 Å². The van der Waals surface area contributed by atoms with Gasteiger partial charge in [-0.15, -0.1) is 0 Å². The molecule has 5 N–H and O–H groups in total. The van der Waals surface area contributed by atoms with E-state index >= 15 is 0 Å². The summed E-state index contributed by atoms with van der Waals surface area (Å²) in [6, 6.07) is 0. The molecule has 31 valence electrons. The van der Waals surface area contributed by atoms with E-state index in [2.05, 4.69) is 16.0 Å². The van der Waals surface area contributed by atoms with Gasteiger partial charge in [0, 0.05) is 0 Å². The molecule has 0 saturated carbocycles. The van der Waals surface area contributed by atoms with Gasteiger partial charge in [-0.1, -0.05) is 0 Å². The molecule has 0 amide bonds. The monoisotopic (exact) mass is 106 g/mol. The van der Waals surface area contributed by atoms with E-state index in [4.69, 9.17) is 0 Å². The quantitative estimate of drug-likeness (QED) is 0.431. The van der Waals surface area contributed by atoms with Gasteiger partial charge in [0.25, 0.3) is 0 Å². The van der Waals surface area contributed by atoms with Gasteiger partial charge < -0.3 is 11.6 Å². The van der Waals surface area contributed by atoms with Crippen molar-refractivity contribution in [1.29, 1.82) is 0 Å². The normalized spacial score (nSPS) is 1.50. The van der Waals surface area contributed by atoms with E-state index in [0.29, 0.717) is 0 Å². The Bertz CT molecular complexity index is 8.00. The molecule has 4 heavy (non-hydrogen) atoms. The molecule has 0 aliphatic rings. The van der Waals surface area contributed by atoms with Gasteiger partial charge in [0.15, 0.2) is 0 Å². The molecule has 0 aromatic carbocycles. The van der Waals surface area contributed by atoms with E-state index in [-0.39, 0.29) is 11.6 Å². The molecular formula is CH8FeNO. The molecule has 0 aromatic heterocycles. The SMILES string of the molecule is N.O.[CH3][Fe]. The second kappa shape index (κ2) is 106. The van der Waals surface area contributed by atoms with E-state index in [0.717, 1.165) is 0 Å². The molecule has 0 bridgehead atoms. The van der Waals surface area contributed by atoms with Crippen molar-refractivity contribution >= 4 is 0 Å². The van der Waals surface area contributed by atoms with Gasteiger partial charge in [-0.3, -0.25) is 0 Å². The van der Waals surface area contributed by atoms with Crippen LogP contribution in [0, 0.1) is 0 Å². The summed E-state index contributed by atoms with van der Waals surface area (Å²) in [6.07, 6.45) is 0. The number of hydrogen-bond donors (Lipinski definition) is 1. The van der Waals surface area contributed by atoms with Crippen LogP contribution in [-0.4, -0.2) is 5.48 Å². The Kier molecular flexibility index (Phi) is 672. The van der Waals surface area contributed by atoms with Gasteiger partial charge in [0.05, 0.1) is 0 Å². The second-order valence-electron chi connectivity index (χ2n) is 0. The summed E-state index contributed by atoms with van der Waals surface area (Å²) in [6.45, 7) is 0. The Morgan fingerprint density at radius 2 is 1.25 bits per heavy atom. The van der Waals surface area contributed by atoms with Crippen molar-refractivity contribution in [3.63, 3.8) is 0 Å². The standard InChI is InChI=1S/CH3.Fe.H3N.H2O/h1H3;;1H3;1H2. The summed E-state index contributed by atoms with van der Waals surface area (Å²) in [5.41, 5.74) is 0. The van der Waals surface area contributed by atoms with Crippen LogP contribution in [0.4, 0.5) is 0 Å². The fraction of sp³-hybridized carbons (Fsp3) is 1.00. The van der Waals surface area contributed by atoms with Crippen molar-refractivity contribution in [2.45, 2.75) is 5.82 Å². The van der Waals surface area contributed by atoms with Crippen molar-refractivity contribution < 1.29 is 21.5 Å². The zero-order valence-electron chi connectivity index (χ0n) is 2.56. The first kappa shape index (κ1) is 25.3. The van der Waals surface area contributed by atoms with Crippen LogP contribution in [0.25, 0.3) is 0 Å². The third-order valence-electron chi connectivity index (χ3n) is 0. The van der Waals surface area contributed by atoms with Crippen molar-refractivity contribution in [3.8, 4) is 0 Å². The van der Waals surface area contributed by atoms with Crippen LogP contribution < -0.4 is 6.15 Å². The van der Waals surface area contributed by atoms with E-state index in [1.165, 1.54) is 0 Å². The molecule has 0 radical (unpaired) electrons. The maximum atomic E-state index is 3.25. The molecule has 0 fully saturated rings. The molecule has 3 heteroatoms. The minimum atomic E-state index is 0. The fourth-order valence-electron chi connectivity index (χ4n) is 0. The molecule has 0 saturated heterocycles. The van der Waals surface area contributed by atoms with Gasteiger partial charge in [-0.25, -0.2) is 0 Å². The Morgan fingerprint density at radius 1 is 1.25 bits per heavy atom. The zero-order chi connectivity index (χ0) is 2.00. The van der Waals surface area contributed by atoms with E-state index < -0.39 is 0 Å². The molecule has 2 nitrogen and oxygen atoms in total. The topological polar surface area (TPSA) is 66.5 Å². The first-order valence-electron chi connectivity index (χ1n) is 0.354. The van der Waals surface area contributed by atoms with Gasteiger partial charge in [0.2, 0.25) is 0 Å². The van der Waals surface area contributed by atoms with Gasteiger partial charge in [-0.05, 0) is 0 Å². The Morgan fingerprint density at radius 3 is 1.25 bits per heavy atom. The van der Waals surface area contributed by atoms with Gasteiger partial charge in [-0.2, -0.15) is 0 Å². The van der Waals surface area contributed by atoms with Crippen molar-refractivity contribution in [1.82, 2.24) is 6.15 Å². The van der Waals surface area contributed by atoms with Gasteiger partial charge >= 0.3 is 21.8 Å². The molecule has 0 aromatic rings. The zero-order valence-corrected chi connectivity index (χ0v) is 3.66. The predicted octanol–water partition coefficient (Wildman–Crippen LogP) is -0.0814. The summed E-state index contributed by atoms with van der Waals surface area (Å²) >= 11 is 3.25. The Labute approximate surface area is 34.3 Å². The number of hydrogen-bond acceptors (Lipinski definition) is 1. The summed E-state index contributed by atoms with van der Waals surface area (Å²) in [5, 5.41) is 0. The van der Waals surface area contributed by atoms with Crippen LogP contribution in [0.2, 0.25) is 5.82 Å². The second-order valence-corrected chi connectivity index (χ2v) is 0. The summed E-state index contributed by atoms with van der Waals surface area (Å²) in [4.78, 5) is 0. The molecule has 0 aliphatic heterocycles. The van der Waals surface area contributed by atoms with Crippen LogP contribution in [0.15, 0.2) is 0 Å². The molecule has 0 spiro atoms. The van der Waals surface area contributed by atoms with E-state index in [9.17, 15) is 0 Å². The summed E-state index contributed by atoms with van der Waals surface area (Å²) in [5.74, 6) is 1.75. The molecule has 0 aliphatic carbocycles. The Hall–Kier alpha value is 0.439. The molecule has 0 atom stereocenters. The van der Waals surface area contributed by atoms with Crippen molar-refractivity contribution in [2.75, 3.05) is 0 Å². The van der Waals surface area contributed by atoms with Crippen molar-refractivity contribution in [2.24, 2.45) is 0 Å². The summed E-state index contributed by atoms with van der Waals surface area (Å²) < 4.78 is 0. The number of rotatable bonds is 0. The third-order valence-corrected chi connectivity index (χ3v) is 0. The molecule has 0 rings (SSSR count). The maximum absolute atomic E-state index is 3.25. The van der Waals surface area contributed by atoms with Crippen molar-refractivity contribution in [3.05, 3.63) is 0 Å². The fourth-order valence-corrected chi connectivity index (χ4v) is 0. The molecular weight excluding hydrogens is 97.9 g/mol. The van der Waals surface area contributed by atoms with Crippen LogP contribution in [0.3, 0.4) is 0 Å². The summed E-state index contributed by atoms with van der Waals surface area (Å²) in [7, 11) is 0. The Balaban J connectivity index is -0.00000000500. The average Bonchev–Trinajstić information content (AvgIpc) is 1.00. The van der Waals surface area contributed by atoms with Gasteiger partial charge in [0.1, 0.15) is 0 Å². The molecule has 0 heterocycles. The average molecular weight is 106 g/mol. The third kappa shape index (κ3) is 26.2. The van der Waals surface area contributed by atoms with Crippen LogP contribution >= 0.6 is 0 Å².